The Morgan fingerprint density at radius 1 is 1.50 bits per heavy atom. The molecule has 1 atom stereocenters. The van der Waals surface area contributed by atoms with E-state index in [1.165, 1.54) is 24.2 Å². The monoisotopic (exact) mass is 288 g/mol. The fraction of sp³-hybridized carbons (Fsp3) is 0.750. The van der Waals surface area contributed by atoms with Crippen LogP contribution in [0.4, 0.5) is 0 Å². The topological polar surface area (TPSA) is 59.1 Å². The molecule has 0 saturated heterocycles. The highest BCUT2D eigenvalue weighted by molar-refractivity contribution is 7.89. The first-order chi connectivity index (χ1) is 8.61. The third-order valence-corrected chi connectivity index (χ3v) is 5.85. The zero-order valence-electron chi connectivity index (χ0n) is 10.6. The maximum absolute atomic E-state index is 12.1. The van der Waals surface area contributed by atoms with Gasteiger partial charge in [-0.1, -0.05) is 19.8 Å². The van der Waals surface area contributed by atoms with Gasteiger partial charge in [-0.3, -0.25) is 0 Å². The van der Waals surface area contributed by atoms with E-state index < -0.39 is 10.0 Å². The van der Waals surface area contributed by atoms with Gasteiger partial charge in [-0.2, -0.15) is 0 Å². The highest BCUT2D eigenvalue weighted by Gasteiger charge is 2.25. The molecule has 1 aliphatic rings. The fourth-order valence-electron chi connectivity index (χ4n) is 2.47. The first-order valence-electron chi connectivity index (χ1n) is 6.50. The summed E-state index contributed by atoms with van der Waals surface area (Å²) in [6, 6.07) is -0.170. The fourth-order valence-corrected chi connectivity index (χ4v) is 5.08. The van der Waals surface area contributed by atoms with Crippen LogP contribution in [0.5, 0.6) is 0 Å². The minimum absolute atomic E-state index is 0.170. The van der Waals surface area contributed by atoms with Crippen LogP contribution in [-0.4, -0.2) is 19.2 Å². The Kier molecular flexibility index (Phi) is 4.75. The lowest BCUT2D eigenvalue weighted by Gasteiger charge is -2.16. The molecule has 6 heteroatoms. The van der Waals surface area contributed by atoms with E-state index in [0.717, 1.165) is 24.3 Å². The second-order valence-electron chi connectivity index (χ2n) is 4.88. The van der Waals surface area contributed by atoms with Crippen molar-refractivity contribution in [1.29, 1.82) is 0 Å². The lowest BCUT2D eigenvalue weighted by Crippen LogP contribution is -2.32. The van der Waals surface area contributed by atoms with Crippen molar-refractivity contribution in [2.45, 2.75) is 45.1 Å². The summed E-state index contributed by atoms with van der Waals surface area (Å²) in [6.07, 6.45) is 6.89. The van der Waals surface area contributed by atoms with Crippen LogP contribution in [0.1, 0.15) is 50.1 Å². The van der Waals surface area contributed by atoms with Gasteiger partial charge in [-0.25, -0.2) is 18.1 Å². The normalized spacial score (nSPS) is 19.2. The van der Waals surface area contributed by atoms with Crippen molar-refractivity contribution in [3.05, 3.63) is 16.6 Å². The Labute approximate surface area is 113 Å². The molecule has 1 heterocycles. The van der Waals surface area contributed by atoms with Crippen LogP contribution in [0.3, 0.4) is 0 Å². The lowest BCUT2D eigenvalue weighted by atomic mass is 10.1. The van der Waals surface area contributed by atoms with Gasteiger partial charge in [-0.05, 0) is 25.2 Å². The molecule has 0 radical (unpaired) electrons. The summed E-state index contributed by atoms with van der Waals surface area (Å²) >= 11 is 1.50. The van der Waals surface area contributed by atoms with E-state index in [1.807, 2.05) is 12.3 Å². The molecule has 1 saturated carbocycles. The number of sulfonamides is 1. The van der Waals surface area contributed by atoms with Crippen LogP contribution in [0.2, 0.25) is 0 Å². The SMILES string of the molecule is CCC(NS(=O)(=O)CC1CCCC1)c1nccs1. The van der Waals surface area contributed by atoms with E-state index in [4.69, 9.17) is 0 Å². The summed E-state index contributed by atoms with van der Waals surface area (Å²) in [5, 5.41) is 2.73. The number of hydrogen-bond acceptors (Lipinski definition) is 4. The molecular weight excluding hydrogens is 268 g/mol. The first-order valence-corrected chi connectivity index (χ1v) is 9.03. The number of nitrogens with one attached hydrogen (secondary N) is 1. The zero-order chi connectivity index (χ0) is 13.0. The quantitative estimate of drug-likeness (QED) is 0.875. The van der Waals surface area contributed by atoms with Crippen molar-refractivity contribution in [3.8, 4) is 0 Å². The maximum Gasteiger partial charge on any atom is 0.212 e. The van der Waals surface area contributed by atoms with Crippen molar-refractivity contribution in [2.24, 2.45) is 5.92 Å². The number of aromatic nitrogens is 1. The van der Waals surface area contributed by atoms with Crippen LogP contribution < -0.4 is 4.72 Å². The summed E-state index contributed by atoms with van der Waals surface area (Å²) in [7, 11) is -3.19. The van der Waals surface area contributed by atoms with Gasteiger partial charge in [-0.15, -0.1) is 11.3 Å². The number of hydrogen-bond donors (Lipinski definition) is 1. The molecule has 2 rings (SSSR count). The van der Waals surface area contributed by atoms with E-state index in [9.17, 15) is 8.42 Å². The summed E-state index contributed by atoms with van der Waals surface area (Å²) in [6.45, 7) is 1.98. The third kappa shape index (κ3) is 3.76. The van der Waals surface area contributed by atoms with E-state index in [1.54, 1.807) is 6.20 Å². The summed E-state index contributed by atoms with van der Waals surface area (Å²) in [4.78, 5) is 4.19. The summed E-state index contributed by atoms with van der Waals surface area (Å²) in [5.41, 5.74) is 0. The average Bonchev–Trinajstić information content (AvgIpc) is 2.97. The lowest BCUT2D eigenvalue weighted by molar-refractivity contribution is 0.525. The molecule has 4 nitrogen and oxygen atoms in total. The van der Waals surface area contributed by atoms with Crippen LogP contribution in [-0.2, 0) is 10.0 Å². The predicted molar refractivity (Wildman–Crippen MR) is 74.0 cm³/mol. The maximum atomic E-state index is 12.1. The first kappa shape index (κ1) is 14.0. The van der Waals surface area contributed by atoms with Crippen molar-refractivity contribution in [2.75, 3.05) is 5.75 Å². The smallest absolute Gasteiger partial charge is 0.212 e. The highest BCUT2D eigenvalue weighted by atomic mass is 32.2. The van der Waals surface area contributed by atoms with Crippen molar-refractivity contribution >= 4 is 21.4 Å². The molecule has 0 spiro atoms. The van der Waals surface area contributed by atoms with Crippen LogP contribution in [0.15, 0.2) is 11.6 Å². The number of thiazole rings is 1. The molecule has 1 unspecified atom stereocenters. The molecular formula is C12H20N2O2S2. The van der Waals surface area contributed by atoms with E-state index in [2.05, 4.69) is 9.71 Å². The molecule has 1 fully saturated rings. The molecule has 102 valence electrons. The second-order valence-corrected chi connectivity index (χ2v) is 7.61. The number of rotatable bonds is 6. The molecule has 0 amide bonds. The molecule has 1 N–H and O–H groups in total. The molecule has 0 aromatic carbocycles. The van der Waals surface area contributed by atoms with Gasteiger partial charge in [0.05, 0.1) is 11.8 Å². The van der Waals surface area contributed by atoms with Crippen LogP contribution >= 0.6 is 11.3 Å². The van der Waals surface area contributed by atoms with E-state index in [-0.39, 0.29) is 11.8 Å². The second kappa shape index (κ2) is 6.12. The minimum Gasteiger partial charge on any atom is -0.248 e. The van der Waals surface area contributed by atoms with Crippen LogP contribution in [0, 0.1) is 5.92 Å². The third-order valence-electron chi connectivity index (χ3n) is 3.41. The van der Waals surface area contributed by atoms with Gasteiger partial charge in [0, 0.05) is 11.6 Å². The summed E-state index contributed by atoms with van der Waals surface area (Å²) in [5.74, 6) is 0.616. The molecule has 0 bridgehead atoms. The molecule has 1 aromatic heterocycles. The van der Waals surface area contributed by atoms with E-state index >= 15 is 0 Å². The number of nitrogens with zero attached hydrogens (tertiary/aromatic N) is 1. The van der Waals surface area contributed by atoms with Gasteiger partial charge >= 0.3 is 0 Å². The molecule has 18 heavy (non-hydrogen) atoms. The zero-order valence-corrected chi connectivity index (χ0v) is 12.3. The van der Waals surface area contributed by atoms with Crippen molar-refractivity contribution < 1.29 is 8.42 Å². The molecule has 1 aliphatic carbocycles. The van der Waals surface area contributed by atoms with Crippen LogP contribution in [0.25, 0.3) is 0 Å². The van der Waals surface area contributed by atoms with Gasteiger partial charge in [0.2, 0.25) is 10.0 Å². The minimum atomic E-state index is -3.19. The Balaban J connectivity index is 1.97. The van der Waals surface area contributed by atoms with Gasteiger partial charge in [0.15, 0.2) is 0 Å². The predicted octanol–water partition coefficient (Wildman–Crippen LogP) is 2.70. The van der Waals surface area contributed by atoms with Gasteiger partial charge in [0.25, 0.3) is 0 Å². The summed E-state index contributed by atoms with van der Waals surface area (Å²) < 4.78 is 27.0. The van der Waals surface area contributed by atoms with Crippen molar-refractivity contribution in [1.82, 2.24) is 9.71 Å². The Morgan fingerprint density at radius 2 is 2.22 bits per heavy atom. The molecule has 1 aromatic rings. The Hall–Kier alpha value is -0.460. The standard InChI is InChI=1S/C12H20N2O2S2/c1-2-11(12-13-7-8-17-12)14-18(15,16)9-10-5-3-4-6-10/h7-8,10-11,14H,2-6,9H2,1H3. The molecule has 0 aliphatic heterocycles. The van der Waals surface area contributed by atoms with E-state index in [0.29, 0.717) is 5.92 Å². The average molecular weight is 288 g/mol. The largest absolute Gasteiger partial charge is 0.248 e. The van der Waals surface area contributed by atoms with Gasteiger partial charge < -0.3 is 0 Å². The highest BCUT2D eigenvalue weighted by Crippen LogP contribution is 2.27. The van der Waals surface area contributed by atoms with Crippen molar-refractivity contribution in [3.63, 3.8) is 0 Å². The Morgan fingerprint density at radius 3 is 2.78 bits per heavy atom. The van der Waals surface area contributed by atoms with Gasteiger partial charge in [0.1, 0.15) is 5.01 Å². The Bertz CT molecular complexity index is 450.